The molecule has 152 valence electrons. The van der Waals surface area contributed by atoms with E-state index in [1.165, 1.54) is 5.56 Å². The van der Waals surface area contributed by atoms with Crippen molar-refractivity contribution in [1.29, 1.82) is 5.26 Å². The molecule has 0 amide bonds. The van der Waals surface area contributed by atoms with Gasteiger partial charge in [-0.3, -0.25) is 4.40 Å². The molecule has 4 rings (SSSR count). The maximum atomic E-state index is 9.97. The Morgan fingerprint density at radius 1 is 1.07 bits per heavy atom. The van der Waals surface area contributed by atoms with E-state index in [1.54, 1.807) is 0 Å². The topological polar surface area (TPSA) is 56.4 Å². The van der Waals surface area contributed by atoms with Crippen LogP contribution in [0.4, 0.5) is 5.82 Å². The zero-order valence-electron chi connectivity index (χ0n) is 17.8. The molecule has 0 radical (unpaired) electrons. The summed E-state index contributed by atoms with van der Waals surface area (Å²) < 4.78 is 2.13. The molecular formula is C25H27N5. The van der Waals surface area contributed by atoms with Crippen LogP contribution in [-0.2, 0) is 6.42 Å². The Hall–Kier alpha value is -3.36. The molecule has 0 bridgehead atoms. The summed E-state index contributed by atoms with van der Waals surface area (Å²) in [6.07, 6.45) is 1.80. The number of nitriles is 1. The lowest BCUT2D eigenvalue weighted by Gasteiger charge is -2.19. The van der Waals surface area contributed by atoms with Crippen molar-refractivity contribution in [2.75, 3.05) is 32.5 Å². The van der Waals surface area contributed by atoms with Crippen molar-refractivity contribution >= 4 is 22.5 Å². The number of para-hydroxylation sites is 2. The second kappa shape index (κ2) is 8.56. The lowest BCUT2D eigenvalue weighted by atomic mass is 9.97. The maximum Gasteiger partial charge on any atom is 0.157 e. The van der Waals surface area contributed by atoms with Crippen LogP contribution in [0.1, 0.15) is 28.7 Å². The second-order valence-electron chi connectivity index (χ2n) is 7.94. The van der Waals surface area contributed by atoms with E-state index in [1.807, 2.05) is 31.2 Å². The normalized spacial score (nSPS) is 11.3. The molecule has 2 aromatic heterocycles. The molecule has 0 fully saturated rings. The number of nitrogens with zero attached hydrogens (tertiary/aromatic N) is 4. The van der Waals surface area contributed by atoms with Gasteiger partial charge in [-0.15, -0.1) is 0 Å². The summed E-state index contributed by atoms with van der Waals surface area (Å²) >= 11 is 0. The van der Waals surface area contributed by atoms with Gasteiger partial charge in [-0.1, -0.05) is 42.5 Å². The first-order chi connectivity index (χ1) is 14.6. The summed E-state index contributed by atoms with van der Waals surface area (Å²) in [4.78, 5) is 7.00. The third-order valence-corrected chi connectivity index (χ3v) is 5.53. The van der Waals surface area contributed by atoms with Crippen LogP contribution in [0.25, 0.3) is 16.7 Å². The minimum atomic E-state index is 0.649. The lowest BCUT2D eigenvalue weighted by Crippen LogP contribution is -2.18. The summed E-state index contributed by atoms with van der Waals surface area (Å²) in [6, 6.07) is 20.9. The van der Waals surface area contributed by atoms with E-state index in [0.717, 1.165) is 59.6 Å². The summed E-state index contributed by atoms with van der Waals surface area (Å²) in [5.41, 5.74) is 6.68. The highest BCUT2D eigenvalue weighted by molar-refractivity contribution is 5.86. The molecule has 1 N–H and O–H groups in total. The third kappa shape index (κ3) is 3.74. The third-order valence-electron chi connectivity index (χ3n) is 5.53. The zero-order valence-corrected chi connectivity index (χ0v) is 17.8. The number of hydrogen-bond acceptors (Lipinski definition) is 4. The van der Waals surface area contributed by atoms with Gasteiger partial charge in [0, 0.05) is 18.5 Å². The molecule has 0 unspecified atom stereocenters. The number of rotatable bonds is 7. The van der Waals surface area contributed by atoms with Gasteiger partial charge >= 0.3 is 0 Å². The van der Waals surface area contributed by atoms with Crippen molar-refractivity contribution in [3.05, 3.63) is 76.9 Å². The molecule has 0 aliphatic rings. The van der Waals surface area contributed by atoms with E-state index in [-0.39, 0.29) is 0 Å². The lowest BCUT2D eigenvalue weighted by molar-refractivity contribution is 0.405. The SMILES string of the molecule is Cc1c(Cc2ccccc2)c(NCCCN(C)C)n2c(nc3ccccc32)c1C#N. The Morgan fingerprint density at radius 2 is 1.80 bits per heavy atom. The van der Waals surface area contributed by atoms with Crippen molar-refractivity contribution in [2.24, 2.45) is 0 Å². The van der Waals surface area contributed by atoms with E-state index in [9.17, 15) is 5.26 Å². The first kappa shape index (κ1) is 19.9. The fourth-order valence-electron chi connectivity index (χ4n) is 3.99. The quantitative estimate of drug-likeness (QED) is 0.462. The minimum absolute atomic E-state index is 0.649. The Balaban J connectivity index is 1.92. The van der Waals surface area contributed by atoms with E-state index >= 15 is 0 Å². The average molecular weight is 398 g/mol. The van der Waals surface area contributed by atoms with E-state index in [4.69, 9.17) is 4.98 Å². The van der Waals surface area contributed by atoms with E-state index in [0.29, 0.717) is 5.56 Å². The van der Waals surface area contributed by atoms with Gasteiger partial charge in [0.2, 0.25) is 0 Å². The van der Waals surface area contributed by atoms with Gasteiger partial charge in [-0.25, -0.2) is 4.98 Å². The van der Waals surface area contributed by atoms with Crippen LogP contribution < -0.4 is 5.32 Å². The average Bonchev–Trinajstić information content (AvgIpc) is 3.13. The van der Waals surface area contributed by atoms with E-state index in [2.05, 4.69) is 65.1 Å². The molecule has 0 aliphatic heterocycles. The number of pyridine rings is 1. The second-order valence-corrected chi connectivity index (χ2v) is 7.94. The molecule has 0 saturated heterocycles. The van der Waals surface area contributed by atoms with Crippen LogP contribution in [0, 0.1) is 18.3 Å². The number of imidazole rings is 1. The fraction of sp³-hybridized carbons (Fsp3) is 0.280. The van der Waals surface area contributed by atoms with Crippen molar-refractivity contribution < 1.29 is 0 Å². The highest BCUT2D eigenvalue weighted by Gasteiger charge is 2.20. The molecule has 5 nitrogen and oxygen atoms in total. The van der Waals surface area contributed by atoms with Crippen LogP contribution in [-0.4, -0.2) is 41.5 Å². The fourth-order valence-corrected chi connectivity index (χ4v) is 3.99. The Labute approximate surface area is 177 Å². The highest BCUT2D eigenvalue weighted by Crippen LogP contribution is 2.32. The largest absolute Gasteiger partial charge is 0.371 e. The zero-order chi connectivity index (χ0) is 21.1. The summed E-state index contributed by atoms with van der Waals surface area (Å²) in [7, 11) is 4.18. The number of fused-ring (bicyclic) bond motifs is 3. The summed E-state index contributed by atoms with van der Waals surface area (Å²) in [5.74, 6) is 1.04. The molecule has 5 heteroatoms. The monoisotopic (exact) mass is 397 g/mol. The van der Waals surface area contributed by atoms with Gasteiger partial charge in [0.15, 0.2) is 5.65 Å². The first-order valence-electron chi connectivity index (χ1n) is 10.4. The number of anilines is 1. The van der Waals surface area contributed by atoms with Crippen LogP contribution in [0.15, 0.2) is 54.6 Å². The molecule has 0 atom stereocenters. The Bertz CT molecular complexity index is 1220. The number of nitrogens with one attached hydrogen (secondary N) is 1. The number of benzene rings is 2. The van der Waals surface area contributed by atoms with E-state index < -0.39 is 0 Å². The summed E-state index contributed by atoms with van der Waals surface area (Å²) in [6.45, 7) is 3.91. The molecule has 0 aliphatic carbocycles. The maximum absolute atomic E-state index is 9.97. The molecule has 2 aromatic carbocycles. The molecule has 0 saturated carbocycles. The molecule has 2 heterocycles. The van der Waals surface area contributed by atoms with Crippen LogP contribution in [0.3, 0.4) is 0 Å². The van der Waals surface area contributed by atoms with Crippen molar-refractivity contribution in [3.8, 4) is 6.07 Å². The first-order valence-corrected chi connectivity index (χ1v) is 10.4. The van der Waals surface area contributed by atoms with Gasteiger partial charge < -0.3 is 10.2 Å². The Kier molecular flexibility index (Phi) is 5.69. The minimum Gasteiger partial charge on any atom is -0.371 e. The van der Waals surface area contributed by atoms with Gasteiger partial charge in [-0.2, -0.15) is 5.26 Å². The van der Waals surface area contributed by atoms with Crippen molar-refractivity contribution in [3.63, 3.8) is 0 Å². The molecular weight excluding hydrogens is 370 g/mol. The highest BCUT2D eigenvalue weighted by atomic mass is 15.1. The molecule has 4 aromatic rings. The van der Waals surface area contributed by atoms with Gasteiger partial charge in [-0.05, 0) is 57.2 Å². The predicted molar refractivity (Wildman–Crippen MR) is 123 cm³/mol. The number of hydrogen-bond donors (Lipinski definition) is 1. The van der Waals surface area contributed by atoms with Gasteiger partial charge in [0.05, 0.1) is 16.6 Å². The van der Waals surface area contributed by atoms with Gasteiger partial charge in [0.1, 0.15) is 11.9 Å². The van der Waals surface area contributed by atoms with Crippen molar-refractivity contribution in [1.82, 2.24) is 14.3 Å². The van der Waals surface area contributed by atoms with Crippen LogP contribution in [0.2, 0.25) is 0 Å². The van der Waals surface area contributed by atoms with Crippen molar-refractivity contribution in [2.45, 2.75) is 19.8 Å². The van der Waals surface area contributed by atoms with Crippen LogP contribution in [0.5, 0.6) is 0 Å². The van der Waals surface area contributed by atoms with Gasteiger partial charge in [0.25, 0.3) is 0 Å². The smallest absolute Gasteiger partial charge is 0.157 e. The molecule has 30 heavy (non-hydrogen) atoms. The number of aromatic nitrogens is 2. The van der Waals surface area contributed by atoms with Crippen LogP contribution >= 0.6 is 0 Å². The summed E-state index contributed by atoms with van der Waals surface area (Å²) in [5, 5.41) is 13.7. The standard InChI is InChI=1S/C25H27N5/c1-18-20(16-19-10-5-4-6-11-19)24(27-14-9-15-29(2)3)30-23-13-8-7-12-22(23)28-25(30)21(18)17-26/h4-8,10-13,27H,9,14-16H2,1-3H3. The Morgan fingerprint density at radius 3 is 2.53 bits per heavy atom. The molecule has 0 spiro atoms. The predicted octanol–water partition coefficient (Wildman–Crippen LogP) is 4.62.